The van der Waals surface area contributed by atoms with Crippen molar-refractivity contribution in [2.24, 2.45) is 0 Å². The van der Waals surface area contributed by atoms with Gasteiger partial charge in [-0.15, -0.1) is 11.8 Å². The number of carbonyl (C=O) groups excluding carboxylic acids is 2. The first-order chi connectivity index (χ1) is 16.7. The zero-order valence-corrected chi connectivity index (χ0v) is 22.0. The Labute approximate surface area is 221 Å². The molecule has 0 bridgehead atoms. The molecule has 0 spiro atoms. The SMILES string of the molecule is COC(=O)c1cc2c(Cl)nc(C(Sc3ccc(Cl)c(Cl)c3)c3ccc(C(=O)N(C)C)cc3)cc2[nH]1. The topological polar surface area (TPSA) is 75.3 Å². The fourth-order valence-electron chi connectivity index (χ4n) is 3.51. The summed E-state index contributed by atoms with van der Waals surface area (Å²) in [7, 11) is 4.73. The average molecular weight is 549 g/mol. The van der Waals surface area contributed by atoms with Crippen molar-refractivity contribution in [2.75, 3.05) is 21.2 Å². The molecule has 10 heteroatoms. The summed E-state index contributed by atoms with van der Waals surface area (Å²) in [6.45, 7) is 0. The molecule has 0 aliphatic rings. The van der Waals surface area contributed by atoms with E-state index in [-0.39, 0.29) is 22.0 Å². The van der Waals surface area contributed by atoms with Gasteiger partial charge >= 0.3 is 5.97 Å². The third-order valence-corrected chi connectivity index (χ3v) is 7.58. The minimum Gasteiger partial charge on any atom is -0.464 e. The number of amides is 1. The molecule has 0 saturated heterocycles. The van der Waals surface area contributed by atoms with Crippen LogP contribution >= 0.6 is 46.6 Å². The molecule has 2 aromatic heterocycles. The van der Waals surface area contributed by atoms with Crippen LogP contribution in [0.25, 0.3) is 10.9 Å². The van der Waals surface area contributed by atoms with Crippen LogP contribution in [0.3, 0.4) is 0 Å². The molecule has 4 aromatic rings. The Bertz CT molecular complexity index is 1420. The van der Waals surface area contributed by atoms with Crippen molar-refractivity contribution in [3.05, 3.63) is 92.3 Å². The largest absolute Gasteiger partial charge is 0.464 e. The molecule has 1 amide bonds. The number of esters is 1. The number of aromatic nitrogens is 2. The smallest absolute Gasteiger partial charge is 0.354 e. The van der Waals surface area contributed by atoms with Crippen LogP contribution in [0.5, 0.6) is 0 Å². The lowest BCUT2D eigenvalue weighted by atomic mass is 10.1. The molecule has 180 valence electrons. The quantitative estimate of drug-likeness (QED) is 0.161. The van der Waals surface area contributed by atoms with Gasteiger partial charge < -0.3 is 14.6 Å². The molecule has 2 aromatic carbocycles. The number of carbonyl (C=O) groups is 2. The van der Waals surface area contributed by atoms with Crippen molar-refractivity contribution in [3.63, 3.8) is 0 Å². The van der Waals surface area contributed by atoms with Gasteiger partial charge in [0.25, 0.3) is 5.91 Å². The maximum Gasteiger partial charge on any atom is 0.354 e. The van der Waals surface area contributed by atoms with Crippen LogP contribution in [0.4, 0.5) is 0 Å². The lowest BCUT2D eigenvalue weighted by Crippen LogP contribution is -2.21. The normalized spacial score (nSPS) is 11.9. The summed E-state index contributed by atoms with van der Waals surface area (Å²) in [4.78, 5) is 34.4. The third-order valence-electron chi connectivity index (χ3n) is 5.28. The molecular formula is C25H20Cl3N3O3S. The summed E-state index contributed by atoms with van der Waals surface area (Å²) in [5, 5.41) is 1.46. The summed E-state index contributed by atoms with van der Waals surface area (Å²) < 4.78 is 4.81. The van der Waals surface area contributed by atoms with E-state index >= 15 is 0 Å². The summed E-state index contributed by atoms with van der Waals surface area (Å²) in [6, 6.07) is 16.2. The maximum atomic E-state index is 12.4. The zero-order chi connectivity index (χ0) is 25.3. The fourth-order valence-corrected chi connectivity index (χ4v) is 5.26. The number of aromatic amines is 1. The van der Waals surface area contributed by atoms with E-state index in [4.69, 9.17) is 39.5 Å². The fraction of sp³-hybridized carbons (Fsp3) is 0.160. The minimum absolute atomic E-state index is 0.0884. The second-order valence-corrected chi connectivity index (χ2v) is 10.2. The second kappa shape index (κ2) is 10.5. The first-order valence-electron chi connectivity index (χ1n) is 10.4. The molecular weight excluding hydrogens is 529 g/mol. The van der Waals surface area contributed by atoms with Crippen LogP contribution in [-0.4, -0.2) is 47.9 Å². The van der Waals surface area contributed by atoms with Gasteiger partial charge in [0, 0.05) is 29.9 Å². The number of halogens is 3. The van der Waals surface area contributed by atoms with Gasteiger partial charge in [-0.2, -0.15) is 0 Å². The number of rotatable bonds is 6. The maximum absolute atomic E-state index is 12.4. The number of thioether (sulfide) groups is 1. The highest BCUT2D eigenvalue weighted by molar-refractivity contribution is 7.99. The van der Waals surface area contributed by atoms with Crippen LogP contribution < -0.4 is 0 Å². The molecule has 4 rings (SSSR count). The molecule has 1 unspecified atom stereocenters. The van der Waals surface area contributed by atoms with Crippen molar-refractivity contribution < 1.29 is 14.3 Å². The van der Waals surface area contributed by atoms with Gasteiger partial charge in [-0.05, 0) is 48.0 Å². The number of hydrogen-bond donors (Lipinski definition) is 1. The van der Waals surface area contributed by atoms with Gasteiger partial charge in [-0.25, -0.2) is 9.78 Å². The van der Waals surface area contributed by atoms with E-state index in [0.29, 0.717) is 32.2 Å². The number of fused-ring (bicyclic) bond motifs is 1. The van der Waals surface area contributed by atoms with E-state index in [9.17, 15) is 9.59 Å². The lowest BCUT2D eigenvalue weighted by molar-refractivity contribution is 0.0595. The molecule has 0 aliphatic heterocycles. The van der Waals surface area contributed by atoms with E-state index in [1.54, 1.807) is 44.4 Å². The van der Waals surface area contributed by atoms with Crippen LogP contribution in [0.1, 0.15) is 37.4 Å². The first-order valence-corrected chi connectivity index (χ1v) is 12.4. The van der Waals surface area contributed by atoms with Gasteiger partial charge in [-0.1, -0.05) is 46.9 Å². The Kier molecular flexibility index (Phi) is 7.62. The van der Waals surface area contributed by atoms with E-state index in [2.05, 4.69) is 9.97 Å². The molecule has 0 radical (unpaired) electrons. The van der Waals surface area contributed by atoms with E-state index < -0.39 is 5.97 Å². The number of nitrogens with zero attached hydrogens (tertiary/aromatic N) is 2. The predicted octanol–water partition coefficient (Wildman–Crippen LogP) is 6.89. The van der Waals surface area contributed by atoms with Crippen LogP contribution in [0.15, 0.2) is 59.5 Å². The van der Waals surface area contributed by atoms with Gasteiger partial charge in [0.05, 0.1) is 33.6 Å². The van der Waals surface area contributed by atoms with Crippen molar-refractivity contribution in [3.8, 4) is 0 Å². The number of H-pyrrole nitrogens is 1. The van der Waals surface area contributed by atoms with E-state index in [1.807, 2.05) is 24.3 Å². The lowest BCUT2D eigenvalue weighted by Gasteiger charge is -2.19. The summed E-state index contributed by atoms with van der Waals surface area (Å²) in [5.74, 6) is -0.587. The molecule has 0 fully saturated rings. The van der Waals surface area contributed by atoms with E-state index in [0.717, 1.165) is 10.5 Å². The number of pyridine rings is 1. The molecule has 1 atom stereocenters. The number of nitrogens with one attached hydrogen (secondary N) is 1. The molecule has 1 N–H and O–H groups in total. The van der Waals surface area contributed by atoms with Crippen LogP contribution in [-0.2, 0) is 4.74 Å². The standard InChI is InChI=1S/C25H20Cl3N3O3S/c1-31(2)24(32)14-6-4-13(5-7-14)22(35-15-8-9-17(26)18(27)10-15)20-12-19-16(23(28)30-20)11-21(29-19)25(33)34-3/h4-12,22,29H,1-3H3. The Morgan fingerprint density at radius 3 is 2.34 bits per heavy atom. The van der Waals surface area contributed by atoms with Crippen molar-refractivity contribution in [1.29, 1.82) is 0 Å². The Balaban J connectivity index is 1.80. The van der Waals surface area contributed by atoms with Crippen molar-refractivity contribution >= 4 is 69.3 Å². The highest BCUT2D eigenvalue weighted by Gasteiger charge is 2.22. The monoisotopic (exact) mass is 547 g/mol. The highest BCUT2D eigenvalue weighted by atomic mass is 35.5. The summed E-state index contributed by atoms with van der Waals surface area (Å²) in [5.41, 5.74) is 3.07. The molecule has 0 saturated carbocycles. The van der Waals surface area contributed by atoms with Gasteiger partial charge in [0.15, 0.2) is 0 Å². The number of ether oxygens (including phenoxy) is 1. The van der Waals surface area contributed by atoms with Crippen molar-refractivity contribution in [2.45, 2.75) is 10.1 Å². The number of hydrogen-bond acceptors (Lipinski definition) is 5. The molecule has 0 aliphatic carbocycles. The average Bonchev–Trinajstić information content (AvgIpc) is 3.29. The number of methoxy groups -OCH3 is 1. The van der Waals surface area contributed by atoms with Gasteiger partial charge in [-0.3, -0.25) is 4.79 Å². The summed E-state index contributed by atoms with van der Waals surface area (Å²) >= 11 is 20.4. The van der Waals surface area contributed by atoms with Gasteiger partial charge in [0.2, 0.25) is 0 Å². The van der Waals surface area contributed by atoms with Crippen LogP contribution in [0, 0.1) is 0 Å². The van der Waals surface area contributed by atoms with E-state index in [1.165, 1.54) is 23.8 Å². The summed E-state index contributed by atoms with van der Waals surface area (Å²) in [6.07, 6.45) is 0. The van der Waals surface area contributed by atoms with Crippen molar-refractivity contribution in [1.82, 2.24) is 14.9 Å². The minimum atomic E-state index is -0.498. The second-order valence-electron chi connectivity index (χ2n) is 7.87. The molecule has 6 nitrogen and oxygen atoms in total. The predicted molar refractivity (Wildman–Crippen MR) is 141 cm³/mol. The third kappa shape index (κ3) is 5.43. The molecule has 2 heterocycles. The highest BCUT2D eigenvalue weighted by Crippen LogP contribution is 2.42. The Hall–Kier alpha value is -2.71. The van der Waals surface area contributed by atoms with Gasteiger partial charge in [0.1, 0.15) is 10.8 Å². The number of benzene rings is 2. The Morgan fingerprint density at radius 1 is 1.00 bits per heavy atom. The Morgan fingerprint density at radius 2 is 1.71 bits per heavy atom. The first kappa shape index (κ1) is 25.4. The zero-order valence-electron chi connectivity index (χ0n) is 18.9. The molecule has 35 heavy (non-hydrogen) atoms. The van der Waals surface area contributed by atoms with Crippen LogP contribution in [0.2, 0.25) is 15.2 Å².